The van der Waals surface area contributed by atoms with E-state index in [1.165, 1.54) is 35.2 Å². The Labute approximate surface area is 253 Å². The van der Waals surface area contributed by atoms with Crippen molar-refractivity contribution in [3.05, 3.63) is 93.5 Å². The summed E-state index contributed by atoms with van der Waals surface area (Å²) in [6.07, 6.45) is 0.343. The number of amides is 2. The highest BCUT2D eigenvalue weighted by Crippen LogP contribution is 2.30. The lowest BCUT2D eigenvalue weighted by atomic mass is 10.1. The van der Waals surface area contributed by atoms with Crippen molar-refractivity contribution >= 4 is 50.7 Å². The number of carbonyl (C=O) groups excluding carboxylic acids is 2. The molecule has 220 valence electrons. The monoisotopic (exact) mass is 617 g/mol. The number of hydrogen-bond acceptors (Lipinski definition) is 4. The van der Waals surface area contributed by atoms with Crippen LogP contribution in [0.3, 0.4) is 0 Å². The summed E-state index contributed by atoms with van der Waals surface area (Å²) in [5, 5.41) is 3.38. The van der Waals surface area contributed by atoms with E-state index in [1.54, 1.807) is 12.1 Å². The Morgan fingerprint density at radius 1 is 0.927 bits per heavy atom. The van der Waals surface area contributed by atoms with Gasteiger partial charge in [0.15, 0.2) is 0 Å². The zero-order valence-electron chi connectivity index (χ0n) is 24.0. The van der Waals surface area contributed by atoms with Gasteiger partial charge in [0.25, 0.3) is 10.0 Å². The van der Waals surface area contributed by atoms with Crippen LogP contribution in [0.25, 0.3) is 0 Å². The normalized spacial score (nSPS) is 12.2. The number of nitrogens with one attached hydrogen (secondary N) is 1. The van der Waals surface area contributed by atoms with Crippen molar-refractivity contribution in [2.45, 2.75) is 58.5 Å². The molecule has 0 aliphatic heterocycles. The highest BCUT2D eigenvalue weighted by molar-refractivity contribution is 7.92. The van der Waals surface area contributed by atoms with Crippen molar-refractivity contribution in [2.24, 2.45) is 5.92 Å². The summed E-state index contributed by atoms with van der Waals surface area (Å²) < 4.78 is 29.0. The van der Waals surface area contributed by atoms with Gasteiger partial charge < -0.3 is 10.2 Å². The average Bonchev–Trinajstić information content (AvgIpc) is 2.90. The highest BCUT2D eigenvalue weighted by atomic mass is 35.5. The molecule has 0 aliphatic rings. The van der Waals surface area contributed by atoms with Crippen LogP contribution in [0.2, 0.25) is 10.0 Å². The number of aryl methyl sites for hydroxylation is 2. The van der Waals surface area contributed by atoms with E-state index in [0.717, 1.165) is 21.0 Å². The number of halogens is 2. The van der Waals surface area contributed by atoms with Crippen molar-refractivity contribution in [3.63, 3.8) is 0 Å². The highest BCUT2D eigenvalue weighted by Gasteiger charge is 2.34. The summed E-state index contributed by atoms with van der Waals surface area (Å²) in [6.45, 7) is 9.61. The molecule has 0 spiro atoms. The number of anilines is 1. The Balaban J connectivity index is 2.09. The zero-order valence-corrected chi connectivity index (χ0v) is 26.4. The van der Waals surface area contributed by atoms with Gasteiger partial charge in [0.1, 0.15) is 12.6 Å². The van der Waals surface area contributed by atoms with Gasteiger partial charge in [-0.05, 0) is 67.6 Å². The lowest BCUT2D eigenvalue weighted by Crippen LogP contribution is -2.52. The molecule has 0 heterocycles. The lowest BCUT2D eigenvalue weighted by molar-refractivity contribution is -0.140. The third kappa shape index (κ3) is 8.47. The molecule has 0 bridgehead atoms. The number of sulfonamides is 1. The summed E-state index contributed by atoms with van der Waals surface area (Å²) in [6, 6.07) is 17.5. The second-order valence-electron chi connectivity index (χ2n) is 10.5. The molecule has 0 aromatic heterocycles. The standard InChI is InChI=1S/C31H37Cl2N3O4S/c1-6-29(31(38)34-18-21(2)3)35(19-24-10-8-7-9-23(24)5)30(37)20-36(27-16-25(32)15-26(33)17-27)41(39,40)28-13-11-22(4)12-14-28/h7-17,21,29H,6,18-20H2,1-5H3,(H,34,38)/t29-/m0/s1. The van der Waals surface area contributed by atoms with E-state index < -0.39 is 28.5 Å². The second kappa shape index (κ2) is 14.2. The van der Waals surface area contributed by atoms with Crippen LogP contribution in [0.4, 0.5) is 5.69 Å². The molecule has 1 N–H and O–H groups in total. The van der Waals surface area contributed by atoms with Crippen molar-refractivity contribution in [1.29, 1.82) is 0 Å². The van der Waals surface area contributed by atoms with Crippen molar-refractivity contribution in [3.8, 4) is 0 Å². The van der Waals surface area contributed by atoms with Crippen molar-refractivity contribution in [2.75, 3.05) is 17.4 Å². The first-order chi connectivity index (χ1) is 19.3. The van der Waals surface area contributed by atoms with Crippen molar-refractivity contribution in [1.82, 2.24) is 10.2 Å². The van der Waals surface area contributed by atoms with Crippen LogP contribution in [0.15, 0.2) is 71.6 Å². The van der Waals surface area contributed by atoms with Crippen LogP contribution in [0.1, 0.15) is 43.9 Å². The van der Waals surface area contributed by atoms with Gasteiger partial charge in [-0.3, -0.25) is 13.9 Å². The molecule has 1 atom stereocenters. The predicted octanol–water partition coefficient (Wildman–Crippen LogP) is 6.39. The smallest absolute Gasteiger partial charge is 0.264 e. The molecular weight excluding hydrogens is 581 g/mol. The van der Waals surface area contributed by atoms with E-state index in [2.05, 4.69) is 5.32 Å². The Morgan fingerprint density at radius 2 is 1.54 bits per heavy atom. The molecular formula is C31H37Cl2N3O4S. The third-order valence-electron chi connectivity index (χ3n) is 6.70. The van der Waals surface area contributed by atoms with E-state index in [1.807, 2.05) is 58.9 Å². The maximum Gasteiger partial charge on any atom is 0.264 e. The van der Waals surface area contributed by atoms with E-state index in [0.29, 0.717) is 13.0 Å². The first-order valence-corrected chi connectivity index (χ1v) is 15.7. The van der Waals surface area contributed by atoms with E-state index in [4.69, 9.17) is 23.2 Å². The number of hydrogen-bond donors (Lipinski definition) is 1. The molecule has 3 aromatic carbocycles. The van der Waals surface area contributed by atoms with Crippen LogP contribution in [0.5, 0.6) is 0 Å². The van der Waals surface area contributed by atoms with Crippen LogP contribution >= 0.6 is 23.2 Å². The third-order valence-corrected chi connectivity index (χ3v) is 8.92. The van der Waals surface area contributed by atoms with Crippen LogP contribution < -0.4 is 9.62 Å². The molecule has 0 radical (unpaired) electrons. The number of benzene rings is 3. The molecule has 2 amide bonds. The quantitative estimate of drug-likeness (QED) is 0.255. The first-order valence-electron chi connectivity index (χ1n) is 13.5. The SMILES string of the molecule is CC[C@@H](C(=O)NCC(C)C)N(Cc1ccccc1C)C(=O)CN(c1cc(Cl)cc(Cl)c1)S(=O)(=O)c1ccc(C)cc1. The number of nitrogens with zero attached hydrogens (tertiary/aromatic N) is 2. The van der Waals surface area contributed by atoms with Gasteiger partial charge in [-0.1, -0.05) is 85.9 Å². The minimum Gasteiger partial charge on any atom is -0.354 e. The minimum absolute atomic E-state index is 0.0131. The fourth-order valence-electron chi connectivity index (χ4n) is 4.36. The van der Waals surface area contributed by atoms with Gasteiger partial charge in [0.2, 0.25) is 11.8 Å². The van der Waals surface area contributed by atoms with Crippen molar-refractivity contribution < 1.29 is 18.0 Å². The molecule has 41 heavy (non-hydrogen) atoms. The van der Waals surface area contributed by atoms with Gasteiger partial charge in [-0.2, -0.15) is 0 Å². The molecule has 7 nitrogen and oxygen atoms in total. The average molecular weight is 619 g/mol. The summed E-state index contributed by atoms with van der Waals surface area (Å²) in [5.74, 6) is -0.604. The summed E-state index contributed by atoms with van der Waals surface area (Å²) in [4.78, 5) is 29.0. The lowest BCUT2D eigenvalue weighted by Gasteiger charge is -2.33. The van der Waals surface area contributed by atoms with Gasteiger partial charge in [-0.15, -0.1) is 0 Å². The van der Waals surface area contributed by atoms with E-state index in [9.17, 15) is 18.0 Å². The largest absolute Gasteiger partial charge is 0.354 e. The minimum atomic E-state index is -4.22. The number of carbonyl (C=O) groups is 2. The summed E-state index contributed by atoms with van der Waals surface area (Å²) >= 11 is 12.5. The van der Waals surface area contributed by atoms with Gasteiger partial charge >= 0.3 is 0 Å². The number of rotatable bonds is 12. The van der Waals surface area contributed by atoms with Gasteiger partial charge in [0.05, 0.1) is 10.6 Å². The van der Waals surface area contributed by atoms with Gasteiger partial charge in [-0.25, -0.2) is 8.42 Å². The topological polar surface area (TPSA) is 86.8 Å². The molecule has 3 aromatic rings. The van der Waals surface area contributed by atoms with Gasteiger partial charge in [0, 0.05) is 23.1 Å². The van der Waals surface area contributed by atoms with Crippen LogP contribution in [-0.4, -0.2) is 44.3 Å². The van der Waals surface area contributed by atoms with E-state index >= 15 is 0 Å². The molecule has 10 heteroatoms. The zero-order chi connectivity index (χ0) is 30.3. The Bertz CT molecular complexity index is 1460. The molecule has 0 aliphatic carbocycles. The Hall–Kier alpha value is -3.07. The van der Waals surface area contributed by atoms with Crippen LogP contribution in [-0.2, 0) is 26.2 Å². The molecule has 3 rings (SSSR count). The maximum absolute atomic E-state index is 14.2. The molecule has 0 unspecified atom stereocenters. The fraction of sp³-hybridized carbons (Fsp3) is 0.355. The second-order valence-corrected chi connectivity index (χ2v) is 13.2. The Morgan fingerprint density at radius 3 is 2.10 bits per heavy atom. The first kappa shape index (κ1) is 32.4. The molecule has 0 saturated carbocycles. The summed E-state index contributed by atoms with van der Waals surface area (Å²) in [5.41, 5.74) is 2.84. The Kier molecular flexibility index (Phi) is 11.2. The molecule has 0 fully saturated rings. The summed E-state index contributed by atoms with van der Waals surface area (Å²) in [7, 11) is -4.22. The maximum atomic E-state index is 14.2. The predicted molar refractivity (Wildman–Crippen MR) is 166 cm³/mol. The van der Waals surface area contributed by atoms with Crippen LogP contribution in [0, 0.1) is 19.8 Å². The molecule has 0 saturated heterocycles. The van der Waals surface area contributed by atoms with E-state index in [-0.39, 0.29) is 39.0 Å². The fourth-order valence-corrected chi connectivity index (χ4v) is 6.27.